The monoisotopic (exact) mass is 304 g/mol. The highest BCUT2D eigenvalue weighted by atomic mass is 32.1. The molecule has 2 aromatic rings. The van der Waals surface area contributed by atoms with Crippen LogP contribution in [0.3, 0.4) is 0 Å². The van der Waals surface area contributed by atoms with Gasteiger partial charge in [0.2, 0.25) is 5.91 Å². The number of aryl methyl sites for hydroxylation is 3. The fourth-order valence-corrected chi connectivity index (χ4v) is 3.25. The lowest BCUT2D eigenvalue weighted by molar-refractivity contribution is -0.116. The Morgan fingerprint density at radius 3 is 2.90 bits per heavy atom. The van der Waals surface area contributed by atoms with E-state index in [0.29, 0.717) is 11.0 Å². The van der Waals surface area contributed by atoms with Gasteiger partial charge in [0.15, 0.2) is 5.13 Å². The highest BCUT2D eigenvalue weighted by Crippen LogP contribution is 2.17. The maximum Gasteiger partial charge on any atom is 0.257 e. The van der Waals surface area contributed by atoms with Crippen molar-refractivity contribution in [3.8, 4) is 0 Å². The summed E-state index contributed by atoms with van der Waals surface area (Å²) in [7, 11) is 0. The van der Waals surface area contributed by atoms with E-state index in [0.717, 1.165) is 36.2 Å². The van der Waals surface area contributed by atoms with Crippen LogP contribution in [0.1, 0.15) is 29.2 Å². The number of rotatable bonds is 3. The van der Waals surface area contributed by atoms with Gasteiger partial charge >= 0.3 is 0 Å². The molecule has 2 aromatic heterocycles. The summed E-state index contributed by atoms with van der Waals surface area (Å²) in [5.41, 5.74) is 2.44. The highest BCUT2D eigenvalue weighted by Gasteiger charge is 2.20. The molecule has 0 unspecified atom stereocenters. The van der Waals surface area contributed by atoms with Gasteiger partial charge < -0.3 is 5.32 Å². The first-order valence-corrected chi connectivity index (χ1v) is 7.73. The number of nitrogens with zero attached hydrogens (tertiary/aromatic N) is 3. The number of hydrogen-bond donors (Lipinski definition) is 1. The minimum atomic E-state index is -0.255. The Kier molecular flexibility index (Phi) is 3.59. The molecule has 0 aromatic carbocycles. The summed E-state index contributed by atoms with van der Waals surface area (Å²) in [5.74, 6) is 0.334. The second-order valence-electron chi connectivity index (χ2n) is 5.17. The quantitative estimate of drug-likeness (QED) is 0.931. The number of nitrogens with one attached hydrogen (secondary N) is 1. The molecule has 110 valence electrons. The van der Waals surface area contributed by atoms with Crippen LogP contribution in [0.15, 0.2) is 10.2 Å². The number of carbonyl (C=O) groups excluding carboxylic acids is 1. The smallest absolute Gasteiger partial charge is 0.257 e. The molecule has 1 aliphatic rings. The van der Waals surface area contributed by atoms with E-state index in [1.807, 2.05) is 12.3 Å². The van der Waals surface area contributed by atoms with Crippen molar-refractivity contribution in [3.63, 3.8) is 0 Å². The molecule has 0 spiro atoms. The average Bonchev–Trinajstić information content (AvgIpc) is 3.03. The highest BCUT2D eigenvalue weighted by molar-refractivity contribution is 7.13. The minimum absolute atomic E-state index is 0.0242. The lowest BCUT2D eigenvalue weighted by atomic mass is 10.2. The van der Waals surface area contributed by atoms with E-state index in [1.54, 1.807) is 6.92 Å². The van der Waals surface area contributed by atoms with E-state index < -0.39 is 0 Å². The van der Waals surface area contributed by atoms with Crippen LogP contribution < -0.4 is 10.9 Å². The summed E-state index contributed by atoms with van der Waals surface area (Å²) < 4.78 is 1.44. The van der Waals surface area contributed by atoms with E-state index in [2.05, 4.69) is 15.3 Å². The van der Waals surface area contributed by atoms with Gasteiger partial charge in [0.05, 0.1) is 11.4 Å². The maximum absolute atomic E-state index is 12.4. The number of thiazole rings is 1. The Hall–Kier alpha value is -2.02. The zero-order chi connectivity index (χ0) is 15.0. The van der Waals surface area contributed by atoms with Gasteiger partial charge in [0.25, 0.3) is 5.56 Å². The third-order valence-electron chi connectivity index (χ3n) is 3.55. The molecule has 2 heterocycles. The Morgan fingerprint density at radius 1 is 1.38 bits per heavy atom. The first-order valence-electron chi connectivity index (χ1n) is 6.86. The van der Waals surface area contributed by atoms with E-state index in [1.165, 1.54) is 15.9 Å². The van der Waals surface area contributed by atoms with Crippen LogP contribution in [-0.4, -0.2) is 20.4 Å². The largest absolute Gasteiger partial charge is 0.300 e. The molecule has 7 heteroatoms. The molecule has 0 fully saturated rings. The van der Waals surface area contributed by atoms with Crippen LogP contribution in [-0.2, 0) is 24.2 Å². The van der Waals surface area contributed by atoms with Crippen molar-refractivity contribution in [2.24, 2.45) is 0 Å². The summed E-state index contributed by atoms with van der Waals surface area (Å²) in [6.45, 7) is 3.61. The molecule has 21 heavy (non-hydrogen) atoms. The zero-order valence-electron chi connectivity index (χ0n) is 12.0. The van der Waals surface area contributed by atoms with E-state index in [4.69, 9.17) is 0 Å². The molecule has 0 aliphatic heterocycles. The molecule has 1 aliphatic carbocycles. The van der Waals surface area contributed by atoms with Crippen LogP contribution in [0.2, 0.25) is 0 Å². The van der Waals surface area contributed by atoms with Crippen molar-refractivity contribution in [3.05, 3.63) is 38.5 Å². The number of carbonyl (C=O) groups is 1. The maximum atomic E-state index is 12.4. The molecule has 6 nitrogen and oxygen atoms in total. The Bertz CT molecular complexity index is 763. The molecule has 1 amide bonds. The van der Waals surface area contributed by atoms with Crippen LogP contribution in [0.25, 0.3) is 0 Å². The zero-order valence-corrected chi connectivity index (χ0v) is 12.8. The predicted molar refractivity (Wildman–Crippen MR) is 80.7 cm³/mol. The summed E-state index contributed by atoms with van der Waals surface area (Å²) >= 11 is 1.37. The Labute approximate surface area is 125 Å². The van der Waals surface area contributed by atoms with Crippen molar-refractivity contribution in [2.75, 3.05) is 5.32 Å². The number of amides is 1. The minimum Gasteiger partial charge on any atom is -0.300 e. The second-order valence-corrected chi connectivity index (χ2v) is 6.03. The van der Waals surface area contributed by atoms with E-state index in [9.17, 15) is 9.59 Å². The topological polar surface area (TPSA) is 76.9 Å². The molecule has 0 saturated heterocycles. The third kappa shape index (κ3) is 2.73. The summed E-state index contributed by atoms with van der Waals surface area (Å²) in [6, 6.07) is 0. The van der Waals surface area contributed by atoms with Gasteiger partial charge in [-0.25, -0.2) is 9.97 Å². The predicted octanol–water partition coefficient (Wildman–Crippen LogP) is 1.44. The second kappa shape index (κ2) is 5.40. The van der Waals surface area contributed by atoms with Crippen molar-refractivity contribution >= 4 is 22.4 Å². The van der Waals surface area contributed by atoms with E-state index >= 15 is 0 Å². The SMILES string of the molecule is Cc1csc(NC(=O)Cn2c(C)nc3c(c2=O)CCC3)n1. The first-order chi connectivity index (χ1) is 10.0. The first kappa shape index (κ1) is 13.9. The van der Waals surface area contributed by atoms with Crippen LogP contribution in [0.5, 0.6) is 0 Å². The third-order valence-corrected chi connectivity index (χ3v) is 4.42. The molecule has 0 atom stereocenters. The lowest BCUT2D eigenvalue weighted by Gasteiger charge is -2.11. The van der Waals surface area contributed by atoms with Crippen LogP contribution in [0.4, 0.5) is 5.13 Å². The van der Waals surface area contributed by atoms with Crippen LogP contribution in [0, 0.1) is 13.8 Å². The number of aromatic nitrogens is 3. The molecule has 1 N–H and O–H groups in total. The molecular formula is C14H16N4O2S. The fourth-order valence-electron chi connectivity index (χ4n) is 2.55. The van der Waals surface area contributed by atoms with Gasteiger partial charge in [-0.1, -0.05) is 0 Å². The molecule has 3 rings (SSSR count). The normalized spacial score (nSPS) is 13.2. The molecular weight excluding hydrogens is 288 g/mol. The van der Waals surface area contributed by atoms with E-state index in [-0.39, 0.29) is 18.0 Å². The Morgan fingerprint density at radius 2 is 2.19 bits per heavy atom. The molecule has 0 bridgehead atoms. The van der Waals surface area contributed by atoms with Gasteiger partial charge in [-0.2, -0.15) is 0 Å². The van der Waals surface area contributed by atoms with Gasteiger partial charge in [-0.3, -0.25) is 14.2 Å². The van der Waals surface area contributed by atoms with Crippen molar-refractivity contribution < 1.29 is 4.79 Å². The number of hydrogen-bond acceptors (Lipinski definition) is 5. The van der Waals surface area contributed by atoms with Gasteiger partial charge in [0, 0.05) is 10.9 Å². The summed E-state index contributed by atoms with van der Waals surface area (Å²) in [5, 5.41) is 5.13. The van der Waals surface area contributed by atoms with Gasteiger partial charge in [-0.05, 0) is 33.1 Å². The molecule has 0 saturated carbocycles. The van der Waals surface area contributed by atoms with Crippen molar-refractivity contribution in [1.82, 2.24) is 14.5 Å². The number of fused-ring (bicyclic) bond motifs is 1. The average molecular weight is 304 g/mol. The fraction of sp³-hybridized carbons (Fsp3) is 0.429. The summed E-state index contributed by atoms with van der Waals surface area (Å²) in [6.07, 6.45) is 2.58. The van der Waals surface area contributed by atoms with Crippen molar-refractivity contribution in [2.45, 2.75) is 39.7 Å². The van der Waals surface area contributed by atoms with Crippen LogP contribution >= 0.6 is 11.3 Å². The van der Waals surface area contributed by atoms with Gasteiger partial charge in [0.1, 0.15) is 12.4 Å². The van der Waals surface area contributed by atoms with Gasteiger partial charge in [-0.15, -0.1) is 11.3 Å². The summed E-state index contributed by atoms with van der Waals surface area (Å²) in [4.78, 5) is 33.1. The molecule has 0 radical (unpaired) electrons. The lowest BCUT2D eigenvalue weighted by Crippen LogP contribution is -2.32. The number of anilines is 1. The Balaban J connectivity index is 1.82. The standard InChI is InChI=1S/C14H16N4O2S/c1-8-7-21-14(15-8)17-12(19)6-18-9(2)16-11-5-3-4-10(11)13(18)20/h7H,3-6H2,1-2H3,(H,15,17,19). The van der Waals surface area contributed by atoms with Crippen molar-refractivity contribution in [1.29, 1.82) is 0 Å².